The molecule has 6 aromatic rings. The smallest absolute Gasteiger partial charge is 0.0966 e. The van der Waals surface area contributed by atoms with Gasteiger partial charge >= 0.3 is 105 Å². The van der Waals surface area contributed by atoms with Crippen LogP contribution in [0.2, 0.25) is 0 Å². The molecule has 0 aromatic heterocycles. The predicted molar refractivity (Wildman–Crippen MR) is 239 cm³/mol. The van der Waals surface area contributed by atoms with Gasteiger partial charge in [-0.25, -0.2) is 0 Å². The molecule has 6 aromatic carbocycles. The number of nitrogens with zero attached hydrogens (tertiary/aromatic N) is 1. The summed E-state index contributed by atoms with van der Waals surface area (Å²) in [6, 6.07) is 57.0. The van der Waals surface area contributed by atoms with Crippen LogP contribution in [0.1, 0.15) is 59.6 Å². The molecule has 2 atom stereocenters. The van der Waals surface area contributed by atoms with Gasteiger partial charge < -0.3 is 0 Å². The van der Waals surface area contributed by atoms with Crippen LogP contribution in [0, 0.1) is 51.9 Å². The molecule has 0 radical (unpaired) electrons. The third-order valence-electron chi connectivity index (χ3n) is 11.1. The number of hydrogen-bond acceptors (Lipinski definition) is 2. The average Bonchev–Trinajstić information content (AvgIpc) is 3.56. The SMILES string of the molecule is CC1(C)O[C](=[Ru+])C(c2ccccc2)C1C#N.Cc1c(C)c(C)[c-](C)c1C.c1ccc([PH+](CCC[PH+](c2ccccc2)c2ccccc2)c2ccccc2)cc1. The Kier molecular flexibility index (Phi) is 15.7. The van der Waals surface area contributed by atoms with Gasteiger partial charge in [-0.15, -0.1) is 0 Å². The summed E-state index contributed by atoms with van der Waals surface area (Å²) in [6.45, 7) is 14.9. The number of benzene rings is 5. The number of ether oxygens (including phenoxy) is 1. The van der Waals surface area contributed by atoms with E-state index in [-0.39, 0.29) is 11.8 Å². The summed E-state index contributed by atoms with van der Waals surface area (Å²) < 4.78 is 6.66. The monoisotopic (exact) mass is 850 g/mol. The molecule has 0 amide bonds. The fourth-order valence-corrected chi connectivity index (χ4v) is 14.1. The Labute approximate surface area is 343 Å². The number of nitriles is 1. The van der Waals surface area contributed by atoms with Crippen molar-refractivity contribution in [2.45, 2.75) is 66.4 Å². The molecule has 0 bridgehead atoms. The largest absolute Gasteiger partial charge is 0.196 e. The summed E-state index contributed by atoms with van der Waals surface area (Å²) in [5.74, 6) is -0.0661. The van der Waals surface area contributed by atoms with Crippen molar-refractivity contribution in [3.63, 3.8) is 0 Å². The summed E-state index contributed by atoms with van der Waals surface area (Å²) in [7, 11) is -1.48. The Morgan fingerprint density at radius 2 is 0.927 bits per heavy atom. The molecule has 2 unspecified atom stereocenters. The van der Waals surface area contributed by atoms with Crippen molar-refractivity contribution in [1.82, 2.24) is 0 Å². The molecule has 1 heterocycles. The summed E-state index contributed by atoms with van der Waals surface area (Å²) in [4.78, 5) is 0. The van der Waals surface area contributed by atoms with Crippen LogP contribution in [-0.4, -0.2) is 22.2 Å². The maximum Gasteiger partial charge on any atom is 0.0966 e. The minimum absolute atomic E-state index is 0.0672. The molecule has 55 heavy (non-hydrogen) atoms. The van der Waals surface area contributed by atoms with Crippen molar-refractivity contribution < 1.29 is 22.6 Å². The van der Waals surface area contributed by atoms with Crippen LogP contribution in [0.3, 0.4) is 0 Å². The summed E-state index contributed by atoms with van der Waals surface area (Å²) in [5.41, 5.74) is 8.08. The van der Waals surface area contributed by atoms with Crippen LogP contribution in [0.15, 0.2) is 152 Å². The van der Waals surface area contributed by atoms with Crippen LogP contribution in [-0.2, 0) is 22.6 Å². The molecule has 1 fully saturated rings. The normalized spacial score (nSPS) is 15.8. The zero-order chi connectivity index (χ0) is 39.4. The van der Waals surface area contributed by atoms with E-state index in [0.29, 0.717) is 0 Å². The molecular formula is C50H56NOP2Ru+2. The minimum Gasteiger partial charge on any atom is -0.196 e. The summed E-state index contributed by atoms with van der Waals surface area (Å²) in [5, 5.41) is 15.4. The zero-order valence-corrected chi connectivity index (χ0v) is 37.2. The van der Waals surface area contributed by atoms with Crippen LogP contribution in [0.25, 0.3) is 0 Å². The Bertz CT molecular complexity index is 1880. The van der Waals surface area contributed by atoms with Crippen LogP contribution < -0.4 is 21.2 Å². The Morgan fingerprint density at radius 3 is 1.22 bits per heavy atom. The van der Waals surface area contributed by atoms with E-state index in [9.17, 15) is 5.26 Å². The van der Waals surface area contributed by atoms with Crippen LogP contribution in [0.4, 0.5) is 0 Å². The van der Waals surface area contributed by atoms with Gasteiger partial charge in [-0.2, -0.15) is 27.8 Å². The van der Waals surface area contributed by atoms with E-state index in [1.165, 1.54) is 67.8 Å². The quantitative estimate of drug-likeness (QED) is 0.0825. The molecule has 1 aliphatic heterocycles. The van der Waals surface area contributed by atoms with Crippen LogP contribution in [0.5, 0.6) is 0 Å². The van der Waals surface area contributed by atoms with Gasteiger partial charge in [-0.1, -0.05) is 107 Å². The van der Waals surface area contributed by atoms with Crippen molar-refractivity contribution >= 4 is 41.4 Å². The molecule has 0 saturated carbocycles. The molecule has 7 rings (SSSR count). The summed E-state index contributed by atoms with van der Waals surface area (Å²) in [6.07, 6.45) is 3.84. The first-order valence-corrected chi connectivity index (χ1v) is 23.6. The van der Waals surface area contributed by atoms with E-state index in [1.54, 1.807) is 0 Å². The number of rotatable bonds is 9. The second-order valence-electron chi connectivity index (χ2n) is 14.9. The van der Waals surface area contributed by atoms with Crippen molar-refractivity contribution in [2.75, 3.05) is 12.3 Å². The minimum atomic E-state index is -0.742. The first kappa shape index (κ1) is 42.4. The van der Waals surface area contributed by atoms with Gasteiger partial charge in [0, 0.05) is 6.42 Å². The fourth-order valence-electron chi connectivity index (χ4n) is 7.43. The molecule has 1 aliphatic rings. The van der Waals surface area contributed by atoms with E-state index in [0.717, 1.165) is 9.86 Å². The van der Waals surface area contributed by atoms with Crippen molar-refractivity contribution in [1.29, 1.82) is 5.26 Å². The molecule has 2 nitrogen and oxygen atoms in total. The van der Waals surface area contributed by atoms with Gasteiger partial charge in [0.15, 0.2) is 0 Å². The fraction of sp³-hybridized carbons (Fsp3) is 0.260. The van der Waals surface area contributed by atoms with Crippen molar-refractivity contribution in [3.05, 3.63) is 185 Å². The second-order valence-corrected chi connectivity index (χ2v) is 21.0. The third kappa shape index (κ3) is 11.0. The summed E-state index contributed by atoms with van der Waals surface area (Å²) >= 11 is 2.52. The maximum atomic E-state index is 9.30. The van der Waals surface area contributed by atoms with Gasteiger partial charge in [0.2, 0.25) is 0 Å². The molecule has 5 heteroatoms. The van der Waals surface area contributed by atoms with Crippen LogP contribution >= 0.6 is 15.8 Å². The molecular weight excluding hydrogens is 794 g/mol. The zero-order valence-electron chi connectivity index (χ0n) is 33.4. The maximum absolute atomic E-state index is 9.30. The second kappa shape index (κ2) is 20.4. The molecule has 0 aliphatic carbocycles. The van der Waals surface area contributed by atoms with E-state index in [1.807, 2.05) is 44.2 Å². The predicted octanol–water partition coefficient (Wildman–Crippen LogP) is 10.4. The molecule has 0 N–H and O–H groups in total. The third-order valence-corrected chi connectivity index (χ3v) is 17.7. The standard InChI is InChI=1S/C27H26P2.C13H13NO.C10H15.Ru/c1-5-14-24(15-6-1)28(25-16-7-2-8-17-25)22-13-23-29(26-18-9-3-10-19-26)27-20-11-4-12-21-27;1-13(2)12(8-14)11(9-15-13)10-6-4-3-5-7-10;1-6-7(2)9(4)10(5)8(6)3;/h1-12,14-21H,13,22-23H2;3-7,11-12H,1-2H3;1-5H3;/q;;-1;+1/p+2. The van der Waals surface area contributed by atoms with E-state index in [2.05, 4.69) is 180 Å². The topological polar surface area (TPSA) is 33.0 Å². The van der Waals surface area contributed by atoms with E-state index in [4.69, 9.17) is 4.74 Å². The van der Waals surface area contributed by atoms with Gasteiger partial charge in [0.1, 0.15) is 0 Å². The first-order valence-electron chi connectivity index (χ1n) is 19.3. The molecule has 1 saturated heterocycles. The molecule has 0 spiro atoms. The van der Waals surface area contributed by atoms with Crippen molar-refractivity contribution in [2.24, 2.45) is 5.92 Å². The van der Waals surface area contributed by atoms with E-state index >= 15 is 0 Å². The Hall–Kier alpha value is -3.75. The Morgan fingerprint density at radius 1 is 0.600 bits per heavy atom. The van der Waals surface area contributed by atoms with Gasteiger partial charge in [0.05, 0.1) is 49.4 Å². The average molecular weight is 850 g/mol. The van der Waals surface area contributed by atoms with Crippen molar-refractivity contribution in [3.8, 4) is 6.07 Å². The first-order chi connectivity index (χ1) is 26.5. The van der Waals surface area contributed by atoms with E-state index < -0.39 is 21.4 Å². The van der Waals surface area contributed by atoms with Gasteiger partial charge in [0.25, 0.3) is 0 Å². The Balaban J connectivity index is 0.000000186. The van der Waals surface area contributed by atoms with Gasteiger partial charge in [-0.3, -0.25) is 0 Å². The number of hydrogen-bond donors (Lipinski definition) is 0. The molecule has 283 valence electrons. The van der Waals surface area contributed by atoms with Gasteiger partial charge in [-0.05, 0) is 48.5 Å².